The van der Waals surface area contributed by atoms with E-state index in [4.69, 9.17) is 4.74 Å². The van der Waals surface area contributed by atoms with Gasteiger partial charge in [0.2, 0.25) is 6.29 Å². The molecular formula is C21H24NO4. The van der Waals surface area contributed by atoms with Gasteiger partial charge in [-0.25, -0.2) is 4.79 Å². The molecule has 0 aliphatic heterocycles. The van der Waals surface area contributed by atoms with Gasteiger partial charge >= 0.3 is 6.09 Å². The number of hydrogen-bond donors (Lipinski definition) is 2. The Morgan fingerprint density at radius 2 is 1.85 bits per heavy atom. The van der Waals surface area contributed by atoms with Crippen molar-refractivity contribution >= 4 is 12.4 Å². The van der Waals surface area contributed by atoms with E-state index < -0.39 is 12.1 Å². The maximum Gasteiger partial charge on any atom is 0.408 e. The molecule has 0 aromatic heterocycles. The van der Waals surface area contributed by atoms with Gasteiger partial charge < -0.3 is 15.2 Å². The summed E-state index contributed by atoms with van der Waals surface area (Å²) in [6.45, 7) is 6.11. The molecule has 137 valence electrons. The van der Waals surface area contributed by atoms with Gasteiger partial charge in [-0.15, -0.1) is 0 Å². The zero-order valence-corrected chi connectivity index (χ0v) is 15.3. The Bertz CT molecular complexity index is 750. The minimum atomic E-state index is -0.823. The Morgan fingerprint density at radius 3 is 2.46 bits per heavy atom. The van der Waals surface area contributed by atoms with Crippen LogP contribution >= 0.6 is 0 Å². The second-order valence-corrected chi connectivity index (χ2v) is 7.18. The number of phenols is 1. The number of hydrogen-bond acceptors (Lipinski definition) is 4. The van der Waals surface area contributed by atoms with Gasteiger partial charge in [0.15, 0.2) is 0 Å². The summed E-state index contributed by atoms with van der Waals surface area (Å²) < 4.78 is 5.13. The van der Waals surface area contributed by atoms with Crippen molar-refractivity contribution < 1.29 is 19.4 Å². The number of alkyl carbamates (subject to hydrolysis) is 1. The number of amides is 1. The summed E-state index contributed by atoms with van der Waals surface area (Å²) in [5.74, 6) is 0.211. The topological polar surface area (TPSA) is 75.6 Å². The summed E-state index contributed by atoms with van der Waals surface area (Å²) >= 11 is 0. The fraction of sp³-hybridized carbons (Fsp3) is 0.333. The predicted molar refractivity (Wildman–Crippen MR) is 99.8 cm³/mol. The SMILES string of the molecule is CC(C)(C)c1cc(C[C@@H]([C]=O)NC(=O)OCc2ccccc2)ccc1O. The zero-order valence-electron chi connectivity index (χ0n) is 15.3. The number of benzene rings is 2. The number of phenolic OH excluding ortho intramolecular Hbond substituents is 1. The number of rotatable bonds is 6. The molecule has 2 N–H and O–H groups in total. The van der Waals surface area contributed by atoms with Gasteiger partial charge in [-0.1, -0.05) is 63.2 Å². The largest absolute Gasteiger partial charge is 0.508 e. The first-order chi connectivity index (χ1) is 12.3. The van der Waals surface area contributed by atoms with Crippen LogP contribution in [-0.4, -0.2) is 23.5 Å². The van der Waals surface area contributed by atoms with Crippen LogP contribution in [0.4, 0.5) is 4.79 Å². The average molecular weight is 354 g/mol. The third-order valence-corrected chi connectivity index (χ3v) is 3.96. The molecule has 0 heterocycles. The van der Waals surface area contributed by atoms with Gasteiger partial charge in [-0.3, -0.25) is 4.79 Å². The highest BCUT2D eigenvalue weighted by molar-refractivity contribution is 5.73. The summed E-state index contributed by atoms with van der Waals surface area (Å²) in [6, 6.07) is 13.6. The lowest BCUT2D eigenvalue weighted by Gasteiger charge is -2.22. The first kappa shape index (κ1) is 19.5. The summed E-state index contributed by atoms with van der Waals surface area (Å²) in [4.78, 5) is 23.1. The van der Waals surface area contributed by atoms with Crippen molar-refractivity contribution in [1.29, 1.82) is 0 Å². The van der Waals surface area contributed by atoms with E-state index in [2.05, 4.69) is 5.32 Å². The van der Waals surface area contributed by atoms with Crippen molar-refractivity contribution in [1.82, 2.24) is 5.32 Å². The first-order valence-corrected chi connectivity index (χ1v) is 8.47. The molecule has 0 aliphatic rings. The molecule has 5 nitrogen and oxygen atoms in total. The van der Waals surface area contributed by atoms with E-state index >= 15 is 0 Å². The predicted octanol–water partition coefficient (Wildman–Crippen LogP) is 3.64. The Balaban J connectivity index is 1.96. The zero-order chi connectivity index (χ0) is 19.2. The van der Waals surface area contributed by atoms with E-state index in [-0.39, 0.29) is 24.2 Å². The van der Waals surface area contributed by atoms with E-state index in [1.165, 1.54) is 0 Å². The van der Waals surface area contributed by atoms with Crippen molar-refractivity contribution in [3.05, 3.63) is 65.2 Å². The van der Waals surface area contributed by atoms with Crippen LogP contribution in [0.25, 0.3) is 0 Å². The van der Waals surface area contributed by atoms with Crippen LogP contribution in [0.5, 0.6) is 5.75 Å². The summed E-state index contributed by atoms with van der Waals surface area (Å²) in [5, 5.41) is 12.5. The van der Waals surface area contributed by atoms with E-state index in [1.54, 1.807) is 12.1 Å². The quantitative estimate of drug-likeness (QED) is 0.830. The van der Waals surface area contributed by atoms with Crippen LogP contribution in [0.1, 0.15) is 37.5 Å². The highest BCUT2D eigenvalue weighted by Gasteiger charge is 2.20. The van der Waals surface area contributed by atoms with Crippen molar-refractivity contribution in [2.75, 3.05) is 0 Å². The second kappa shape index (κ2) is 8.52. The third kappa shape index (κ3) is 5.62. The van der Waals surface area contributed by atoms with Gasteiger partial charge in [-0.2, -0.15) is 0 Å². The molecule has 0 unspecified atom stereocenters. The minimum absolute atomic E-state index is 0.131. The average Bonchev–Trinajstić information content (AvgIpc) is 2.61. The molecule has 0 bridgehead atoms. The first-order valence-electron chi connectivity index (χ1n) is 8.47. The number of aromatic hydroxyl groups is 1. The number of ether oxygens (including phenoxy) is 1. The molecule has 2 aromatic rings. The Kier molecular flexibility index (Phi) is 6.39. The van der Waals surface area contributed by atoms with Crippen LogP contribution in [0, 0.1) is 0 Å². The van der Waals surface area contributed by atoms with E-state index in [9.17, 15) is 14.7 Å². The van der Waals surface area contributed by atoms with Gasteiger partial charge in [0.1, 0.15) is 18.4 Å². The molecule has 0 saturated carbocycles. The Hall–Kier alpha value is -2.82. The fourth-order valence-corrected chi connectivity index (χ4v) is 2.58. The maximum absolute atomic E-state index is 11.9. The molecule has 26 heavy (non-hydrogen) atoms. The van der Waals surface area contributed by atoms with Crippen molar-refractivity contribution in [2.45, 2.75) is 45.3 Å². The smallest absolute Gasteiger partial charge is 0.408 e. The number of nitrogens with one attached hydrogen (secondary N) is 1. The molecule has 0 saturated heterocycles. The molecular weight excluding hydrogens is 330 g/mol. The lowest BCUT2D eigenvalue weighted by molar-refractivity contribution is 0.138. The Labute approximate surface area is 154 Å². The van der Waals surface area contributed by atoms with Crippen LogP contribution in [0.3, 0.4) is 0 Å². The molecule has 2 aromatic carbocycles. The molecule has 5 heteroatoms. The van der Waals surface area contributed by atoms with E-state index in [1.807, 2.05) is 63.5 Å². The van der Waals surface area contributed by atoms with Crippen molar-refractivity contribution in [3.8, 4) is 5.75 Å². The minimum Gasteiger partial charge on any atom is -0.508 e. The van der Waals surface area contributed by atoms with Crippen molar-refractivity contribution in [3.63, 3.8) is 0 Å². The lowest BCUT2D eigenvalue weighted by atomic mass is 9.85. The summed E-state index contributed by atoms with van der Waals surface area (Å²) in [5.41, 5.74) is 2.24. The van der Waals surface area contributed by atoms with Crippen LogP contribution in [0.2, 0.25) is 0 Å². The van der Waals surface area contributed by atoms with E-state index in [0.717, 1.165) is 16.7 Å². The highest BCUT2D eigenvalue weighted by atomic mass is 16.5. The lowest BCUT2D eigenvalue weighted by Crippen LogP contribution is -2.37. The normalized spacial score (nSPS) is 12.3. The fourth-order valence-electron chi connectivity index (χ4n) is 2.58. The highest BCUT2D eigenvalue weighted by Crippen LogP contribution is 2.31. The number of carbonyl (C=O) groups is 1. The van der Waals surface area contributed by atoms with Crippen LogP contribution < -0.4 is 5.32 Å². The monoisotopic (exact) mass is 354 g/mol. The van der Waals surface area contributed by atoms with Gasteiger partial charge in [0.25, 0.3) is 0 Å². The Morgan fingerprint density at radius 1 is 1.15 bits per heavy atom. The van der Waals surface area contributed by atoms with Crippen LogP contribution in [-0.2, 0) is 28.0 Å². The molecule has 0 aliphatic carbocycles. The molecule has 0 fully saturated rings. The molecule has 0 spiro atoms. The standard InChI is InChI=1S/C21H24NO4/c1-21(2,3)18-12-16(9-10-19(18)24)11-17(13-23)22-20(25)26-14-15-7-5-4-6-8-15/h4-10,12,17,24H,11,14H2,1-3H3,(H,22,25)/t17-/m0/s1. The third-order valence-electron chi connectivity index (χ3n) is 3.96. The van der Waals surface area contributed by atoms with Crippen molar-refractivity contribution in [2.24, 2.45) is 0 Å². The van der Waals surface area contributed by atoms with E-state index in [0.29, 0.717) is 0 Å². The maximum atomic E-state index is 11.9. The van der Waals surface area contributed by atoms with Gasteiger partial charge in [-0.05, 0) is 28.2 Å². The summed E-state index contributed by atoms with van der Waals surface area (Å²) in [6.07, 6.45) is 1.43. The number of carbonyl (C=O) groups excluding carboxylic acids is 2. The second-order valence-electron chi connectivity index (χ2n) is 7.18. The molecule has 1 radical (unpaired) electrons. The van der Waals surface area contributed by atoms with Gasteiger partial charge in [0.05, 0.1) is 0 Å². The molecule has 2 rings (SSSR count). The molecule has 1 atom stereocenters. The van der Waals surface area contributed by atoms with Crippen LogP contribution in [0.15, 0.2) is 48.5 Å². The van der Waals surface area contributed by atoms with Gasteiger partial charge in [0, 0.05) is 6.42 Å². The molecule has 1 amide bonds. The summed E-state index contributed by atoms with van der Waals surface area (Å²) in [7, 11) is 0.